The van der Waals surface area contributed by atoms with Gasteiger partial charge in [-0.05, 0) is 37.3 Å². The molecule has 42 heavy (non-hydrogen) atoms. The van der Waals surface area contributed by atoms with E-state index in [4.69, 9.17) is 0 Å². The second-order valence-electron chi connectivity index (χ2n) is 9.71. The number of pyridine rings is 2. The third-order valence-electron chi connectivity index (χ3n) is 6.59. The summed E-state index contributed by atoms with van der Waals surface area (Å²) in [5, 5.41) is 16.0. The maximum absolute atomic E-state index is 15.0. The van der Waals surface area contributed by atoms with Gasteiger partial charge in [-0.3, -0.25) is 18.6 Å². The van der Waals surface area contributed by atoms with Gasteiger partial charge in [0.25, 0.3) is 5.56 Å². The molecule has 218 valence electrons. The second kappa shape index (κ2) is 11.8. The monoisotopic (exact) mass is 600 g/mol. The molecule has 4 aromatic rings. The highest BCUT2D eigenvalue weighted by Crippen LogP contribution is 2.26. The third kappa shape index (κ3) is 6.39. The van der Waals surface area contributed by atoms with Gasteiger partial charge in [-0.25, -0.2) is 9.37 Å². The quantitative estimate of drug-likeness (QED) is 0.307. The maximum Gasteiger partial charge on any atom is 0.400 e. The minimum absolute atomic E-state index is 0.00959. The van der Waals surface area contributed by atoms with Gasteiger partial charge in [0.2, 0.25) is 5.95 Å². The van der Waals surface area contributed by atoms with E-state index in [0.29, 0.717) is 29.9 Å². The Hall–Kier alpha value is -4.42. The number of nitrogens with zero attached hydrogens (tertiary/aromatic N) is 6. The highest BCUT2D eigenvalue weighted by molar-refractivity contribution is 7.85. The smallest absolute Gasteiger partial charge is 0.366 e. The number of hydrogen-bond acceptors (Lipinski definition) is 9. The molecule has 4 heterocycles. The van der Waals surface area contributed by atoms with Crippen LogP contribution in [-0.4, -0.2) is 61.3 Å². The van der Waals surface area contributed by atoms with Crippen molar-refractivity contribution in [2.45, 2.75) is 30.6 Å². The summed E-state index contributed by atoms with van der Waals surface area (Å²) in [6.45, 7) is 3.71. The first-order chi connectivity index (χ1) is 20.0. The SMILES string of the molecule is CC1CN(c2ccc(Nc3ncc4cc(C#N)c(=O)n(Cc5cnccc5S(=O)CC(F)(F)F)c4n3)cc2F)CCN1. The van der Waals surface area contributed by atoms with E-state index < -0.39 is 34.1 Å². The lowest BCUT2D eigenvalue weighted by molar-refractivity contribution is -0.105. The lowest BCUT2D eigenvalue weighted by Gasteiger charge is -2.33. The van der Waals surface area contributed by atoms with Crippen molar-refractivity contribution in [2.24, 2.45) is 0 Å². The van der Waals surface area contributed by atoms with Gasteiger partial charge in [0.1, 0.15) is 28.8 Å². The number of nitriles is 1. The molecule has 0 saturated carbocycles. The van der Waals surface area contributed by atoms with Crippen LogP contribution in [-0.2, 0) is 17.3 Å². The topological polar surface area (TPSA) is 129 Å². The molecule has 1 aromatic carbocycles. The Morgan fingerprint density at radius 2 is 2.05 bits per heavy atom. The number of piperazine rings is 1. The van der Waals surface area contributed by atoms with Crippen LogP contribution in [0.5, 0.6) is 0 Å². The fraction of sp³-hybridized carbons (Fsp3) is 0.296. The van der Waals surface area contributed by atoms with Crippen molar-refractivity contribution in [3.63, 3.8) is 0 Å². The fourth-order valence-electron chi connectivity index (χ4n) is 4.72. The van der Waals surface area contributed by atoms with Crippen molar-refractivity contribution >= 4 is 39.2 Å². The van der Waals surface area contributed by atoms with Gasteiger partial charge in [-0.2, -0.15) is 23.4 Å². The molecule has 10 nitrogen and oxygen atoms in total. The molecule has 1 fully saturated rings. The fourth-order valence-corrected chi connectivity index (χ4v) is 5.79. The zero-order chi connectivity index (χ0) is 30.0. The molecule has 2 atom stereocenters. The van der Waals surface area contributed by atoms with Crippen LogP contribution < -0.4 is 21.1 Å². The second-order valence-corrected chi connectivity index (χ2v) is 11.1. The van der Waals surface area contributed by atoms with Crippen LogP contribution in [0.1, 0.15) is 18.1 Å². The van der Waals surface area contributed by atoms with Crippen LogP contribution in [0.15, 0.2) is 58.6 Å². The molecule has 3 aromatic heterocycles. The number of aromatic nitrogens is 4. The van der Waals surface area contributed by atoms with Crippen LogP contribution >= 0.6 is 0 Å². The molecule has 5 rings (SSSR count). The van der Waals surface area contributed by atoms with Crippen molar-refractivity contribution in [1.82, 2.24) is 24.8 Å². The van der Waals surface area contributed by atoms with Crippen LogP contribution in [0.3, 0.4) is 0 Å². The van der Waals surface area contributed by atoms with E-state index in [1.54, 1.807) is 18.2 Å². The Morgan fingerprint density at radius 1 is 1.24 bits per heavy atom. The van der Waals surface area contributed by atoms with Crippen LogP contribution in [0, 0.1) is 17.1 Å². The highest BCUT2D eigenvalue weighted by Gasteiger charge is 2.32. The summed E-state index contributed by atoms with van der Waals surface area (Å²) in [5.74, 6) is -2.01. The molecule has 1 saturated heterocycles. The number of hydrogen-bond donors (Lipinski definition) is 2. The van der Waals surface area contributed by atoms with Crippen molar-refractivity contribution in [3.05, 3.63) is 76.2 Å². The van der Waals surface area contributed by atoms with Crippen molar-refractivity contribution < 1.29 is 21.8 Å². The lowest BCUT2D eigenvalue weighted by atomic mass is 10.2. The number of fused-ring (bicyclic) bond motifs is 1. The normalized spacial score (nSPS) is 16.3. The Morgan fingerprint density at radius 3 is 2.76 bits per heavy atom. The van der Waals surface area contributed by atoms with Gasteiger partial charge >= 0.3 is 6.18 Å². The summed E-state index contributed by atoms with van der Waals surface area (Å²) in [6.07, 6.45) is -0.896. The Labute approximate surface area is 239 Å². The average Bonchev–Trinajstić information content (AvgIpc) is 2.94. The Kier molecular flexibility index (Phi) is 8.19. The highest BCUT2D eigenvalue weighted by atomic mass is 32.2. The summed E-state index contributed by atoms with van der Waals surface area (Å²) in [6, 6.07) is 9.13. The first-order valence-corrected chi connectivity index (χ1v) is 14.1. The van der Waals surface area contributed by atoms with Crippen molar-refractivity contribution in [2.75, 3.05) is 35.6 Å². The van der Waals surface area contributed by atoms with Gasteiger partial charge in [-0.1, -0.05) is 0 Å². The van der Waals surface area contributed by atoms with Gasteiger partial charge in [-0.15, -0.1) is 0 Å². The Balaban J connectivity index is 1.49. The minimum Gasteiger partial charge on any atom is -0.366 e. The molecular formula is C27H24F4N8O2S. The number of rotatable bonds is 7. The number of benzene rings is 1. The van der Waals surface area contributed by atoms with Crippen molar-refractivity contribution in [3.8, 4) is 6.07 Å². The van der Waals surface area contributed by atoms with E-state index in [2.05, 4.69) is 25.6 Å². The molecule has 1 aliphatic heterocycles. The van der Waals surface area contributed by atoms with Crippen LogP contribution in [0.25, 0.3) is 11.0 Å². The molecule has 2 unspecified atom stereocenters. The first-order valence-electron chi connectivity index (χ1n) is 12.8. The summed E-state index contributed by atoms with van der Waals surface area (Å²) in [5.41, 5.74) is -0.0496. The van der Waals surface area contributed by atoms with E-state index in [0.717, 1.165) is 11.1 Å². The van der Waals surface area contributed by atoms with Gasteiger partial charge in [0.05, 0.1) is 23.0 Å². The number of alkyl halides is 3. The van der Waals surface area contributed by atoms with Crippen LogP contribution in [0.4, 0.5) is 34.9 Å². The van der Waals surface area contributed by atoms with Crippen molar-refractivity contribution in [1.29, 1.82) is 5.26 Å². The van der Waals surface area contributed by atoms with E-state index in [9.17, 15) is 27.4 Å². The molecule has 0 radical (unpaired) electrons. The molecule has 0 spiro atoms. The molecule has 15 heteroatoms. The van der Waals surface area contributed by atoms with Gasteiger partial charge in [0, 0.05) is 65.8 Å². The third-order valence-corrected chi connectivity index (χ3v) is 8.07. The number of anilines is 3. The molecule has 0 bridgehead atoms. The predicted octanol–water partition coefficient (Wildman–Crippen LogP) is 3.46. The van der Waals surface area contributed by atoms with E-state index in [1.165, 1.54) is 36.8 Å². The molecular weight excluding hydrogens is 576 g/mol. The largest absolute Gasteiger partial charge is 0.400 e. The number of nitrogens with one attached hydrogen (secondary N) is 2. The molecule has 0 amide bonds. The van der Waals surface area contributed by atoms with E-state index in [1.807, 2.05) is 11.8 Å². The number of halogens is 4. The average molecular weight is 601 g/mol. The van der Waals surface area contributed by atoms with E-state index >= 15 is 4.39 Å². The standard InChI is InChI=1S/C27H24F4N8O2S/c1-16-13-38(7-6-34-16)22-3-2-20(9-21(22)28)36-26-35-12-18-8-17(10-32)25(40)39(24(18)37-26)14-19-11-33-5-4-23(19)42(41)15-27(29,30)31/h2-5,8-9,11-12,16,34H,6-7,13-15H2,1H3,(H,35,36,37). The summed E-state index contributed by atoms with van der Waals surface area (Å²) in [4.78, 5) is 27.5. The zero-order valence-corrected chi connectivity index (χ0v) is 23.0. The first kappa shape index (κ1) is 29.1. The zero-order valence-electron chi connectivity index (χ0n) is 22.2. The van der Waals surface area contributed by atoms with Gasteiger partial charge < -0.3 is 15.5 Å². The summed E-state index contributed by atoms with van der Waals surface area (Å²) < 4.78 is 67.5. The van der Waals surface area contributed by atoms with Crippen LogP contribution in [0.2, 0.25) is 0 Å². The minimum atomic E-state index is -4.68. The van der Waals surface area contributed by atoms with Gasteiger partial charge in [0.15, 0.2) is 0 Å². The molecule has 1 aliphatic rings. The summed E-state index contributed by atoms with van der Waals surface area (Å²) in [7, 11) is -2.46. The Bertz CT molecular complexity index is 1770. The van der Waals surface area contributed by atoms with E-state index in [-0.39, 0.29) is 40.2 Å². The maximum atomic E-state index is 15.0. The summed E-state index contributed by atoms with van der Waals surface area (Å²) >= 11 is 0. The lowest BCUT2D eigenvalue weighted by Crippen LogP contribution is -2.49. The predicted molar refractivity (Wildman–Crippen MR) is 149 cm³/mol. The molecule has 0 aliphatic carbocycles. The molecule has 2 N–H and O–H groups in total.